The molecule has 0 aliphatic carbocycles. The standard InChI is InChI=1S/C17H13Cl2FN4O2S/c18-12-2-1-3-13(16(12)20)24-15(27-11-4-5-14(19)22-9-11)8-10(23-24)6-7-21-17(25)26/h1-5,8-9,21H,6-7H2,(H,25,26). The van der Waals surface area contributed by atoms with Gasteiger partial charge in [0.25, 0.3) is 0 Å². The lowest BCUT2D eigenvalue weighted by Crippen LogP contribution is -2.23. The van der Waals surface area contributed by atoms with Crippen molar-refractivity contribution in [1.29, 1.82) is 0 Å². The maximum absolute atomic E-state index is 14.5. The highest BCUT2D eigenvalue weighted by atomic mass is 35.5. The van der Waals surface area contributed by atoms with E-state index in [0.717, 1.165) is 4.90 Å². The monoisotopic (exact) mass is 426 g/mol. The highest BCUT2D eigenvalue weighted by Crippen LogP contribution is 2.32. The number of carboxylic acid groups (broad SMARTS) is 1. The Hall–Kier alpha value is -2.29. The first-order valence-electron chi connectivity index (χ1n) is 7.73. The van der Waals surface area contributed by atoms with Crippen LogP contribution in [0.4, 0.5) is 9.18 Å². The van der Waals surface area contributed by atoms with Gasteiger partial charge in [-0.2, -0.15) is 5.10 Å². The van der Waals surface area contributed by atoms with E-state index in [2.05, 4.69) is 15.4 Å². The molecule has 27 heavy (non-hydrogen) atoms. The lowest BCUT2D eigenvalue weighted by Gasteiger charge is -2.09. The van der Waals surface area contributed by atoms with Crippen LogP contribution in [0.3, 0.4) is 0 Å². The number of amides is 1. The molecule has 6 nitrogen and oxygen atoms in total. The summed E-state index contributed by atoms with van der Waals surface area (Å²) >= 11 is 13.0. The molecule has 2 N–H and O–H groups in total. The van der Waals surface area contributed by atoms with Crippen LogP contribution in [-0.4, -0.2) is 32.5 Å². The van der Waals surface area contributed by atoms with Crippen LogP contribution in [-0.2, 0) is 6.42 Å². The highest BCUT2D eigenvalue weighted by Gasteiger charge is 2.16. The van der Waals surface area contributed by atoms with Crippen LogP contribution in [0.1, 0.15) is 5.69 Å². The van der Waals surface area contributed by atoms with Gasteiger partial charge in [-0.15, -0.1) is 0 Å². The number of nitrogens with zero attached hydrogens (tertiary/aromatic N) is 3. The fourth-order valence-electron chi connectivity index (χ4n) is 2.27. The topological polar surface area (TPSA) is 80.0 Å². The Labute approximate surface area is 168 Å². The maximum atomic E-state index is 14.5. The van der Waals surface area contributed by atoms with Gasteiger partial charge in [0.1, 0.15) is 15.9 Å². The molecular formula is C17H13Cl2FN4O2S. The van der Waals surface area contributed by atoms with Crippen molar-refractivity contribution < 1.29 is 14.3 Å². The molecule has 1 aromatic carbocycles. The number of carbonyl (C=O) groups is 1. The summed E-state index contributed by atoms with van der Waals surface area (Å²) < 4.78 is 15.9. The van der Waals surface area contributed by atoms with Gasteiger partial charge in [0.2, 0.25) is 0 Å². The first-order valence-corrected chi connectivity index (χ1v) is 9.31. The maximum Gasteiger partial charge on any atom is 0.404 e. The molecule has 0 spiro atoms. The number of halogens is 3. The molecule has 3 aromatic rings. The third-order valence-corrected chi connectivity index (χ3v) is 4.96. The second-order valence-electron chi connectivity index (χ2n) is 5.36. The fourth-order valence-corrected chi connectivity index (χ4v) is 3.46. The fraction of sp³-hybridized carbons (Fsp3) is 0.118. The summed E-state index contributed by atoms with van der Waals surface area (Å²) in [6, 6.07) is 9.87. The molecule has 0 fully saturated rings. The highest BCUT2D eigenvalue weighted by molar-refractivity contribution is 7.99. The van der Waals surface area contributed by atoms with Crippen molar-refractivity contribution in [3.8, 4) is 5.69 Å². The number of aromatic nitrogens is 3. The first-order chi connectivity index (χ1) is 12.9. The molecule has 0 radical (unpaired) electrons. The number of rotatable bonds is 6. The van der Waals surface area contributed by atoms with Crippen LogP contribution in [0.5, 0.6) is 0 Å². The molecule has 1 amide bonds. The minimum atomic E-state index is -1.11. The Balaban J connectivity index is 1.95. The second kappa shape index (κ2) is 8.60. The summed E-state index contributed by atoms with van der Waals surface area (Å²) in [5, 5.41) is 16.4. The minimum Gasteiger partial charge on any atom is -0.465 e. The molecular weight excluding hydrogens is 414 g/mol. The van der Waals surface area contributed by atoms with E-state index in [4.69, 9.17) is 28.3 Å². The van der Waals surface area contributed by atoms with E-state index in [9.17, 15) is 9.18 Å². The van der Waals surface area contributed by atoms with Crippen molar-refractivity contribution in [1.82, 2.24) is 20.1 Å². The van der Waals surface area contributed by atoms with E-state index in [1.165, 1.54) is 22.5 Å². The van der Waals surface area contributed by atoms with Gasteiger partial charge < -0.3 is 10.4 Å². The van der Waals surface area contributed by atoms with E-state index >= 15 is 0 Å². The van der Waals surface area contributed by atoms with Gasteiger partial charge in [-0.1, -0.05) is 41.0 Å². The Morgan fingerprint density at radius 1 is 1.30 bits per heavy atom. The average Bonchev–Trinajstić information content (AvgIpc) is 3.01. The van der Waals surface area contributed by atoms with Crippen LogP contribution in [0.2, 0.25) is 10.2 Å². The van der Waals surface area contributed by atoms with Crippen LogP contribution in [0.25, 0.3) is 5.69 Å². The van der Waals surface area contributed by atoms with Crippen molar-refractivity contribution in [2.45, 2.75) is 16.3 Å². The molecule has 0 aliphatic rings. The molecule has 0 unspecified atom stereocenters. The zero-order valence-electron chi connectivity index (χ0n) is 13.7. The predicted molar refractivity (Wildman–Crippen MR) is 102 cm³/mol. The van der Waals surface area contributed by atoms with Crippen molar-refractivity contribution in [3.63, 3.8) is 0 Å². The molecule has 0 atom stereocenters. The van der Waals surface area contributed by atoms with Gasteiger partial charge in [0.15, 0.2) is 5.82 Å². The van der Waals surface area contributed by atoms with Gasteiger partial charge in [0, 0.05) is 24.1 Å². The zero-order valence-corrected chi connectivity index (χ0v) is 16.0. The molecule has 2 heterocycles. The molecule has 0 saturated carbocycles. The molecule has 10 heteroatoms. The summed E-state index contributed by atoms with van der Waals surface area (Å²) in [6.45, 7) is 0.191. The van der Waals surface area contributed by atoms with Gasteiger partial charge in [-0.25, -0.2) is 18.9 Å². The molecule has 0 bridgehead atoms. The van der Waals surface area contributed by atoms with Crippen LogP contribution < -0.4 is 5.32 Å². The van der Waals surface area contributed by atoms with Crippen LogP contribution in [0, 0.1) is 5.82 Å². The third-order valence-electron chi connectivity index (χ3n) is 3.47. The summed E-state index contributed by atoms with van der Waals surface area (Å²) in [5.41, 5.74) is 0.803. The van der Waals surface area contributed by atoms with Gasteiger partial charge in [-0.3, -0.25) is 0 Å². The number of hydrogen-bond donors (Lipinski definition) is 2. The Morgan fingerprint density at radius 3 is 2.81 bits per heavy atom. The lowest BCUT2D eigenvalue weighted by molar-refractivity contribution is 0.194. The quantitative estimate of drug-likeness (QED) is 0.559. The number of benzene rings is 1. The first kappa shape index (κ1) is 19.5. The predicted octanol–water partition coefficient (Wildman–Crippen LogP) is 4.67. The second-order valence-corrected chi connectivity index (χ2v) is 7.25. The summed E-state index contributed by atoms with van der Waals surface area (Å²) in [5.74, 6) is -0.589. The third kappa shape index (κ3) is 4.91. The van der Waals surface area contributed by atoms with E-state index in [-0.39, 0.29) is 17.3 Å². The number of nitrogens with one attached hydrogen (secondary N) is 1. The lowest BCUT2D eigenvalue weighted by atomic mass is 10.3. The van der Waals surface area contributed by atoms with Crippen molar-refractivity contribution >= 4 is 41.1 Å². The SMILES string of the molecule is O=C(O)NCCc1cc(Sc2ccc(Cl)nc2)n(-c2cccc(Cl)c2F)n1. The smallest absolute Gasteiger partial charge is 0.404 e. The summed E-state index contributed by atoms with van der Waals surface area (Å²) in [7, 11) is 0. The zero-order chi connectivity index (χ0) is 19.4. The van der Waals surface area contributed by atoms with Crippen molar-refractivity contribution in [2.75, 3.05) is 6.54 Å². The van der Waals surface area contributed by atoms with E-state index < -0.39 is 11.9 Å². The van der Waals surface area contributed by atoms with Gasteiger partial charge >= 0.3 is 6.09 Å². The van der Waals surface area contributed by atoms with Crippen molar-refractivity contribution in [3.05, 3.63) is 64.3 Å². The molecule has 0 saturated heterocycles. The Bertz CT molecular complexity index is 966. The number of pyridine rings is 1. The van der Waals surface area contributed by atoms with E-state index in [1.807, 2.05) is 0 Å². The number of hydrogen-bond acceptors (Lipinski definition) is 4. The molecule has 140 valence electrons. The van der Waals surface area contributed by atoms with Crippen LogP contribution >= 0.6 is 35.0 Å². The van der Waals surface area contributed by atoms with Gasteiger partial charge in [-0.05, 0) is 30.3 Å². The molecule has 3 rings (SSSR count). The summed E-state index contributed by atoms with van der Waals surface area (Å²) in [4.78, 5) is 15.4. The van der Waals surface area contributed by atoms with Crippen LogP contribution in [0.15, 0.2) is 52.5 Å². The molecule has 2 aromatic heterocycles. The minimum absolute atomic E-state index is 0.0128. The van der Waals surface area contributed by atoms with Crippen molar-refractivity contribution in [2.24, 2.45) is 0 Å². The Kier molecular flexibility index (Phi) is 6.20. The van der Waals surface area contributed by atoms with E-state index in [1.54, 1.807) is 36.5 Å². The normalized spacial score (nSPS) is 10.8. The largest absolute Gasteiger partial charge is 0.465 e. The average molecular weight is 427 g/mol. The molecule has 0 aliphatic heterocycles. The van der Waals surface area contributed by atoms with Gasteiger partial charge in [0.05, 0.1) is 10.7 Å². The van der Waals surface area contributed by atoms with E-state index in [0.29, 0.717) is 22.3 Å². The summed E-state index contributed by atoms with van der Waals surface area (Å²) in [6.07, 6.45) is 0.843. The Morgan fingerprint density at radius 2 is 2.11 bits per heavy atom.